The summed E-state index contributed by atoms with van der Waals surface area (Å²) in [4.78, 5) is 33.0. The molecule has 1 N–H and O–H groups in total. The summed E-state index contributed by atoms with van der Waals surface area (Å²) < 4.78 is 5.98. The fourth-order valence-electron chi connectivity index (χ4n) is 3.68. The minimum Gasteiger partial charge on any atom is -0.376 e. The van der Waals surface area contributed by atoms with Crippen LogP contribution < -0.4 is 15.1 Å². The summed E-state index contributed by atoms with van der Waals surface area (Å²) in [6.07, 6.45) is 6.30. The first kappa shape index (κ1) is 17.6. The number of fused-ring (bicyclic) bond motifs is 1. The minimum atomic E-state index is -0.201. The second kappa shape index (κ2) is 7.43. The molecular weight excluding hydrogens is 346 g/mol. The Hall–Kier alpha value is -2.81. The van der Waals surface area contributed by atoms with Crippen molar-refractivity contribution in [2.45, 2.75) is 6.10 Å². The summed E-state index contributed by atoms with van der Waals surface area (Å²) in [5.74, 6) is 2.23. The number of anilines is 2. The maximum atomic E-state index is 12.2. The lowest BCUT2D eigenvalue weighted by Crippen LogP contribution is -2.34. The van der Waals surface area contributed by atoms with Crippen LogP contribution in [0.4, 0.5) is 11.6 Å². The Morgan fingerprint density at radius 1 is 1.30 bits per heavy atom. The Kier molecular flexibility index (Phi) is 4.85. The molecule has 0 radical (unpaired) electrons. The molecule has 1 amide bonds. The van der Waals surface area contributed by atoms with Crippen LogP contribution in [0.15, 0.2) is 31.0 Å². The zero-order chi connectivity index (χ0) is 18.8. The van der Waals surface area contributed by atoms with Crippen LogP contribution in [-0.2, 0) is 4.74 Å². The van der Waals surface area contributed by atoms with Crippen LogP contribution in [0.25, 0.3) is 0 Å². The average molecular weight is 369 g/mol. The molecule has 2 aliphatic heterocycles. The van der Waals surface area contributed by atoms with Crippen molar-refractivity contribution in [2.24, 2.45) is 11.8 Å². The zero-order valence-corrected chi connectivity index (χ0v) is 15.4. The summed E-state index contributed by atoms with van der Waals surface area (Å²) in [7, 11) is 3.92. The molecule has 142 valence electrons. The number of carbonyl (C=O) groups excluding carboxylic acids is 1. The third-order valence-corrected chi connectivity index (χ3v) is 5.18. The predicted octanol–water partition coefficient (Wildman–Crippen LogP) is 0.214. The lowest BCUT2D eigenvalue weighted by Gasteiger charge is -2.22. The Balaban J connectivity index is 1.37. The maximum Gasteiger partial charge on any atom is 0.271 e. The van der Waals surface area contributed by atoms with Crippen LogP contribution in [0, 0.1) is 11.8 Å². The van der Waals surface area contributed by atoms with Gasteiger partial charge in [-0.25, -0.2) is 15.0 Å². The van der Waals surface area contributed by atoms with Crippen LogP contribution >= 0.6 is 0 Å². The molecule has 9 heteroatoms. The fourth-order valence-corrected chi connectivity index (χ4v) is 3.68. The topological polar surface area (TPSA) is 96.4 Å². The number of hydrogen-bond acceptors (Lipinski definition) is 8. The molecule has 4 rings (SSSR count). The smallest absolute Gasteiger partial charge is 0.271 e. The maximum absolute atomic E-state index is 12.2. The van der Waals surface area contributed by atoms with Gasteiger partial charge in [-0.15, -0.1) is 0 Å². The van der Waals surface area contributed by atoms with Crippen LogP contribution in [0.5, 0.6) is 0 Å². The Morgan fingerprint density at radius 3 is 2.96 bits per heavy atom. The van der Waals surface area contributed by atoms with Crippen molar-refractivity contribution < 1.29 is 9.53 Å². The molecule has 0 aromatic carbocycles. The quantitative estimate of drug-likeness (QED) is 0.799. The van der Waals surface area contributed by atoms with Gasteiger partial charge in [-0.2, -0.15) is 0 Å². The van der Waals surface area contributed by atoms with E-state index in [-0.39, 0.29) is 17.9 Å². The number of amides is 1. The van der Waals surface area contributed by atoms with Crippen LogP contribution in [0.3, 0.4) is 0 Å². The highest BCUT2D eigenvalue weighted by Crippen LogP contribution is 2.35. The van der Waals surface area contributed by atoms with E-state index < -0.39 is 0 Å². The molecule has 2 aromatic heterocycles. The second-order valence-electron chi connectivity index (χ2n) is 7.13. The van der Waals surface area contributed by atoms with Gasteiger partial charge in [0.15, 0.2) is 0 Å². The molecule has 9 nitrogen and oxygen atoms in total. The first-order valence-electron chi connectivity index (χ1n) is 9.02. The van der Waals surface area contributed by atoms with Gasteiger partial charge < -0.3 is 19.9 Å². The monoisotopic (exact) mass is 369 g/mol. The van der Waals surface area contributed by atoms with Gasteiger partial charge in [0.1, 0.15) is 23.7 Å². The van der Waals surface area contributed by atoms with Crippen molar-refractivity contribution in [2.75, 3.05) is 50.1 Å². The van der Waals surface area contributed by atoms with Gasteiger partial charge in [0.2, 0.25) is 0 Å². The molecule has 0 unspecified atom stereocenters. The van der Waals surface area contributed by atoms with Gasteiger partial charge in [0.05, 0.1) is 18.9 Å². The van der Waals surface area contributed by atoms with Crippen LogP contribution in [0.2, 0.25) is 0 Å². The van der Waals surface area contributed by atoms with Gasteiger partial charge in [0, 0.05) is 64.0 Å². The molecule has 0 aliphatic carbocycles. The number of aromatic nitrogens is 4. The summed E-state index contributed by atoms with van der Waals surface area (Å²) in [5, 5.41) is 2.96. The minimum absolute atomic E-state index is 0.168. The first-order valence-corrected chi connectivity index (χ1v) is 9.02. The standard InChI is InChI=1S/C18H23N7O2/c1-24(2)16-5-17(23-11-22-16)25-8-13-12(10-27-15(13)9-25)6-21-18(26)14-7-19-3-4-20-14/h3-5,7,11-13,15H,6,8-10H2,1-2H3,(H,21,26)/t12-,13-,15-/m0/s1. The third-order valence-electron chi connectivity index (χ3n) is 5.18. The van der Waals surface area contributed by atoms with E-state index in [1.54, 1.807) is 12.5 Å². The highest BCUT2D eigenvalue weighted by atomic mass is 16.5. The van der Waals surface area contributed by atoms with E-state index in [0.717, 1.165) is 24.7 Å². The van der Waals surface area contributed by atoms with Crippen molar-refractivity contribution in [3.8, 4) is 0 Å². The first-order chi connectivity index (χ1) is 13.1. The van der Waals surface area contributed by atoms with Crippen LogP contribution in [-0.4, -0.2) is 72.3 Å². The van der Waals surface area contributed by atoms with Crippen molar-refractivity contribution in [3.05, 3.63) is 36.7 Å². The van der Waals surface area contributed by atoms with E-state index in [0.29, 0.717) is 24.8 Å². The molecule has 0 saturated carbocycles. The molecule has 4 heterocycles. The van der Waals surface area contributed by atoms with E-state index in [1.165, 1.54) is 12.4 Å². The van der Waals surface area contributed by atoms with Gasteiger partial charge >= 0.3 is 0 Å². The van der Waals surface area contributed by atoms with Crippen molar-refractivity contribution >= 4 is 17.5 Å². The Labute approximate surface area is 157 Å². The van der Waals surface area contributed by atoms with E-state index in [9.17, 15) is 4.79 Å². The molecule has 27 heavy (non-hydrogen) atoms. The normalized spacial score (nSPS) is 23.9. The fraction of sp³-hybridized carbons (Fsp3) is 0.500. The molecular formula is C18H23N7O2. The SMILES string of the molecule is CN(C)c1cc(N2C[C@H]3[C@@H](CNC(=O)c4cnccn4)CO[C@H]3C2)ncn1. The Bertz CT molecular complexity index is 801. The third kappa shape index (κ3) is 3.68. The zero-order valence-electron chi connectivity index (χ0n) is 15.4. The van der Waals surface area contributed by atoms with E-state index in [1.807, 2.05) is 25.1 Å². The largest absolute Gasteiger partial charge is 0.376 e. The number of nitrogens with zero attached hydrogens (tertiary/aromatic N) is 6. The molecule has 3 atom stereocenters. The number of hydrogen-bond donors (Lipinski definition) is 1. The van der Waals surface area contributed by atoms with E-state index in [2.05, 4.69) is 30.2 Å². The van der Waals surface area contributed by atoms with E-state index in [4.69, 9.17) is 4.74 Å². The van der Waals surface area contributed by atoms with Gasteiger partial charge in [-0.1, -0.05) is 0 Å². The lowest BCUT2D eigenvalue weighted by molar-refractivity contribution is 0.0934. The molecule has 2 aliphatic rings. The van der Waals surface area contributed by atoms with Gasteiger partial charge in [0.25, 0.3) is 5.91 Å². The van der Waals surface area contributed by atoms with Crippen molar-refractivity contribution in [1.82, 2.24) is 25.3 Å². The summed E-state index contributed by atoms with van der Waals surface area (Å²) in [6, 6.07) is 1.99. The molecule has 0 spiro atoms. The molecule has 2 saturated heterocycles. The molecule has 0 bridgehead atoms. The summed E-state index contributed by atoms with van der Waals surface area (Å²) >= 11 is 0. The second-order valence-corrected chi connectivity index (χ2v) is 7.13. The Morgan fingerprint density at radius 2 is 2.19 bits per heavy atom. The van der Waals surface area contributed by atoms with Crippen molar-refractivity contribution in [3.63, 3.8) is 0 Å². The molecule has 2 fully saturated rings. The number of nitrogens with one attached hydrogen (secondary N) is 1. The van der Waals surface area contributed by atoms with Gasteiger partial charge in [-0.3, -0.25) is 9.78 Å². The summed E-state index contributed by atoms with van der Waals surface area (Å²) in [5.41, 5.74) is 0.332. The lowest BCUT2D eigenvalue weighted by atomic mass is 9.93. The number of rotatable bonds is 5. The van der Waals surface area contributed by atoms with Crippen molar-refractivity contribution in [1.29, 1.82) is 0 Å². The predicted molar refractivity (Wildman–Crippen MR) is 99.7 cm³/mol. The van der Waals surface area contributed by atoms with Gasteiger partial charge in [-0.05, 0) is 0 Å². The highest BCUT2D eigenvalue weighted by Gasteiger charge is 2.44. The summed E-state index contributed by atoms with van der Waals surface area (Å²) in [6.45, 7) is 2.90. The number of ether oxygens (including phenoxy) is 1. The average Bonchev–Trinajstić information content (AvgIpc) is 3.28. The molecule has 2 aromatic rings. The number of carbonyl (C=O) groups is 1. The van der Waals surface area contributed by atoms with E-state index >= 15 is 0 Å². The van der Waals surface area contributed by atoms with Crippen LogP contribution in [0.1, 0.15) is 10.5 Å². The highest BCUT2D eigenvalue weighted by molar-refractivity contribution is 5.91.